The Bertz CT molecular complexity index is 626. The van der Waals surface area contributed by atoms with Crippen LogP contribution in [0.3, 0.4) is 0 Å². The quantitative estimate of drug-likeness (QED) is 0.600. The zero-order chi connectivity index (χ0) is 15.2. The van der Waals surface area contributed by atoms with E-state index in [0.717, 1.165) is 4.90 Å². The van der Waals surface area contributed by atoms with Crippen molar-refractivity contribution in [3.05, 3.63) is 53.8 Å². The number of ketones is 1. The third-order valence-corrected chi connectivity index (χ3v) is 3.90. The van der Waals surface area contributed by atoms with Crippen molar-refractivity contribution in [3.8, 4) is 11.5 Å². The lowest BCUT2D eigenvalue weighted by molar-refractivity contribution is 0.101. The van der Waals surface area contributed by atoms with Crippen molar-refractivity contribution in [2.24, 2.45) is 0 Å². The van der Waals surface area contributed by atoms with Gasteiger partial charge >= 0.3 is 0 Å². The van der Waals surface area contributed by atoms with Crippen LogP contribution in [0.15, 0.2) is 47.4 Å². The first-order chi connectivity index (χ1) is 10.1. The highest BCUT2D eigenvalue weighted by Crippen LogP contribution is 2.27. The van der Waals surface area contributed by atoms with Crippen LogP contribution in [0.4, 0.5) is 4.39 Å². The minimum absolute atomic E-state index is 0.0694. The fraction of sp³-hybridized carbons (Fsp3) is 0.188. The second-order valence-electron chi connectivity index (χ2n) is 4.23. The number of hydrogen-bond donors (Lipinski definition) is 0. The van der Waals surface area contributed by atoms with Gasteiger partial charge in [0.05, 0.1) is 25.5 Å². The molecular weight excluding hydrogens is 291 g/mol. The Hall–Kier alpha value is -2.01. The van der Waals surface area contributed by atoms with Crippen LogP contribution in [0.5, 0.6) is 11.5 Å². The number of ether oxygens (including phenoxy) is 2. The average molecular weight is 306 g/mol. The number of carbonyl (C=O) groups excluding carboxylic acids is 1. The summed E-state index contributed by atoms with van der Waals surface area (Å²) in [4.78, 5) is 13.1. The normalized spacial score (nSPS) is 10.2. The molecule has 0 fully saturated rings. The summed E-state index contributed by atoms with van der Waals surface area (Å²) in [5, 5.41) is 0. The lowest BCUT2D eigenvalue weighted by Crippen LogP contribution is -2.05. The Morgan fingerprint density at radius 1 is 1.10 bits per heavy atom. The van der Waals surface area contributed by atoms with Gasteiger partial charge in [0, 0.05) is 4.90 Å². The van der Waals surface area contributed by atoms with E-state index in [0.29, 0.717) is 17.1 Å². The molecule has 0 radical (unpaired) electrons. The van der Waals surface area contributed by atoms with Crippen LogP contribution in [0.25, 0.3) is 0 Å². The highest BCUT2D eigenvalue weighted by atomic mass is 32.2. The predicted molar refractivity (Wildman–Crippen MR) is 81.0 cm³/mol. The molecule has 0 aromatic heterocycles. The Balaban J connectivity index is 2.10. The molecule has 0 heterocycles. The third-order valence-electron chi connectivity index (χ3n) is 2.89. The maximum absolute atomic E-state index is 12.8. The lowest BCUT2D eigenvalue weighted by Gasteiger charge is -2.09. The molecule has 5 heteroatoms. The molecule has 0 amide bonds. The van der Waals surface area contributed by atoms with Gasteiger partial charge in [-0.2, -0.15) is 0 Å². The first-order valence-corrected chi connectivity index (χ1v) is 7.26. The summed E-state index contributed by atoms with van der Waals surface area (Å²) in [6, 6.07) is 11.1. The Kier molecular flexibility index (Phi) is 5.22. The highest BCUT2D eigenvalue weighted by molar-refractivity contribution is 8.00. The van der Waals surface area contributed by atoms with E-state index < -0.39 is 0 Å². The van der Waals surface area contributed by atoms with Crippen LogP contribution >= 0.6 is 11.8 Å². The maximum Gasteiger partial charge on any atom is 0.176 e. The Labute approximate surface area is 127 Å². The molecule has 2 aromatic rings. The fourth-order valence-electron chi connectivity index (χ4n) is 1.79. The molecule has 0 aliphatic carbocycles. The minimum Gasteiger partial charge on any atom is -0.497 e. The van der Waals surface area contributed by atoms with Crippen molar-refractivity contribution < 1.29 is 18.7 Å². The number of carbonyl (C=O) groups is 1. The van der Waals surface area contributed by atoms with Crippen LogP contribution in [-0.4, -0.2) is 25.8 Å². The average Bonchev–Trinajstić information content (AvgIpc) is 2.53. The molecule has 0 N–H and O–H groups in total. The number of Topliss-reactive ketones (excluding diaryl/α,β-unsaturated/α-hetero) is 1. The molecule has 0 saturated heterocycles. The van der Waals surface area contributed by atoms with Crippen LogP contribution in [0, 0.1) is 5.82 Å². The Morgan fingerprint density at radius 3 is 2.43 bits per heavy atom. The van der Waals surface area contributed by atoms with Crippen LogP contribution in [0.1, 0.15) is 10.4 Å². The molecule has 0 spiro atoms. The molecule has 0 unspecified atom stereocenters. The number of hydrogen-bond acceptors (Lipinski definition) is 4. The number of benzene rings is 2. The van der Waals surface area contributed by atoms with Gasteiger partial charge in [-0.3, -0.25) is 4.79 Å². The van der Waals surface area contributed by atoms with Crippen molar-refractivity contribution in [3.63, 3.8) is 0 Å². The highest BCUT2D eigenvalue weighted by Gasteiger charge is 2.14. The van der Waals surface area contributed by atoms with Crippen molar-refractivity contribution in [1.82, 2.24) is 0 Å². The summed E-state index contributed by atoms with van der Waals surface area (Å²) in [5.74, 6) is 1.00. The zero-order valence-electron chi connectivity index (χ0n) is 11.8. The van der Waals surface area contributed by atoms with Crippen molar-refractivity contribution in [1.29, 1.82) is 0 Å². The van der Waals surface area contributed by atoms with Crippen LogP contribution in [0.2, 0.25) is 0 Å². The molecule has 0 atom stereocenters. The fourth-order valence-corrected chi connectivity index (χ4v) is 2.57. The third kappa shape index (κ3) is 3.98. The van der Waals surface area contributed by atoms with E-state index in [4.69, 9.17) is 9.47 Å². The van der Waals surface area contributed by atoms with E-state index >= 15 is 0 Å². The number of halogens is 1. The summed E-state index contributed by atoms with van der Waals surface area (Å²) in [6.45, 7) is 0. The topological polar surface area (TPSA) is 35.5 Å². The van der Waals surface area contributed by atoms with E-state index in [1.165, 1.54) is 31.0 Å². The van der Waals surface area contributed by atoms with E-state index in [-0.39, 0.29) is 17.4 Å². The van der Waals surface area contributed by atoms with Gasteiger partial charge < -0.3 is 9.47 Å². The van der Waals surface area contributed by atoms with Gasteiger partial charge in [0.2, 0.25) is 0 Å². The van der Waals surface area contributed by atoms with Crippen LogP contribution < -0.4 is 9.47 Å². The molecule has 2 aromatic carbocycles. The second-order valence-corrected chi connectivity index (χ2v) is 5.28. The van der Waals surface area contributed by atoms with Crippen LogP contribution in [-0.2, 0) is 0 Å². The predicted octanol–water partition coefficient (Wildman–Crippen LogP) is 3.82. The van der Waals surface area contributed by atoms with Gasteiger partial charge in [-0.05, 0) is 42.5 Å². The van der Waals surface area contributed by atoms with Gasteiger partial charge in [-0.15, -0.1) is 11.8 Å². The number of rotatable bonds is 6. The smallest absolute Gasteiger partial charge is 0.176 e. The summed E-state index contributed by atoms with van der Waals surface area (Å²) < 4.78 is 23.1. The first-order valence-electron chi connectivity index (χ1n) is 6.27. The summed E-state index contributed by atoms with van der Waals surface area (Å²) >= 11 is 1.35. The summed E-state index contributed by atoms with van der Waals surface area (Å²) in [6.07, 6.45) is 0. The maximum atomic E-state index is 12.8. The zero-order valence-corrected chi connectivity index (χ0v) is 12.6. The standard InChI is InChI=1S/C16H15FO3S/c1-19-12-5-8-16(20-2)14(9-12)15(18)10-21-13-6-3-11(17)4-7-13/h3-9H,10H2,1-2H3. The molecule has 0 saturated carbocycles. The van der Waals surface area contributed by atoms with Crippen molar-refractivity contribution in [2.45, 2.75) is 4.90 Å². The molecule has 0 aliphatic heterocycles. The number of thioether (sulfide) groups is 1. The van der Waals surface area contributed by atoms with Crippen molar-refractivity contribution >= 4 is 17.5 Å². The van der Waals surface area contributed by atoms with E-state index in [1.807, 2.05) is 0 Å². The summed E-state index contributed by atoms with van der Waals surface area (Å²) in [7, 11) is 3.06. The monoisotopic (exact) mass is 306 g/mol. The van der Waals surface area contributed by atoms with Crippen molar-refractivity contribution in [2.75, 3.05) is 20.0 Å². The largest absolute Gasteiger partial charge is 0.497 e. The summed E-state index contributed by atoms with van der Waals surface area (Å²) in [5.41, 5.74) is 0.478. The van der Waals surface area contributed by atoms with Gasteiger partial charge in [0.1, 0.15) is 17.3 Å². The first kappa shape index (κ1) is 15.4. The molecule has 0 bridgehead atoms. The van der Waals surface area contributed by atoms with E-state index in [2.05, 4.69) is 0 Å². The van der Waals surface area contributed by atoms with E-state index in [1.54, 1.807) is 37.4 Å². The van der Waals surface area contributed by atoms with Gasteiger partial charge in [0.15, 0.2) is 5.78 Å². The molecule has 0 aliphatic rings. The number of methoxy groups -OCH3 is 2. The molecular formula is C16H15FO3S. The SMILES string of the molecule is COc1ccc(OC)c(C(=O)CSc2ccc(F)cc2)c1. The molecule has 21 heavy (non-hydrogen) atoms. The van der Waals surface area contributed by atoms with Gasteiger partial charge in [0.25, 0.3) is 0 Å². The minimum atomic E-state index is -0.292. The Morgan fingerprint density at radius 2 is 1.81 bits per heavy atom. The van der Waals surface area contributed by atoms with Gasteiger partial charge in [-0.25, -0.2) is 4.39 Å². The molecule has 3 nitrogen and oxygen atoms in total. The van der Waals surface area contributed by atoms with E-state index in [9.17, 15) is 9.18 Å². The lowest BCUT2D eigenvalue weighted by atomic mass is 10.1. The second kappa shape index (κ2) is 7.13. The van der Waals surface area contributed by atoms with Gasteiger partial charge in [-0.1, -0.05) is 0 Å². The molecule has 110 valence electrons. The molecule has 2 rings (SSSR count).